The summed E-state index contributed by atoms with van der Waals surface area (Å²) in [6.07, 6.45) is 28.8. The molecule has 5 nitrogen and oxygen atoms in total. The van der Waals surface area contributed by atoms with Gasteiger partial charge in [0.05, 0.1) is 18.8 Å². The van der Waals surface area contributed by atoms with Gasteiger partial charge in [0, 0.05) is 6.42 Å². The van der Waals surface area contributed by atoms with Gasteiger partial charge < -0.3 is 20.6 Å². The van der Waals surface area contributed by atoms with Crippen LogP contribution >= 0.6 is 0 Å². The molecule has 35 heavy (non-hydrogen) atoms. The standard InChI is InChI=1S/C30H55NO4/c1-3-5-7-9-11-13-14-15-17-19-21-23-25-29(34)30(35)31-27(26-32)28(33)24-22-20-18-16-12-10-8-6-4-2/h15,17,21-24,27-29,32-34H,3-14,16,18-20,25-26H2,1-2H3,(H,31,35)/b17-15-,23-21-,24-22+. The van der Waals surface area contributed by atoms with E-state index in [0.717, 1.165) is 25.7 Å². The summed E-state index contributed by atoms with van der Waals surface area (Å²) in [5, 5.41) is 32.5. The van der Waals surface area contributed by atoms with Crippen LogP contribution in [-0.4, -0.2) is 46.1 Å². The first-order valence-corrected chi connectivity index (χ1v) is 14.3. The fraction of sp³-hybridized carbons (Fsp3) is 0.767. The van der Waals surface area contributed by atoms with E-state index in [9.17, 15) is 20.1 Å². The Balaban J connectivity index is 4.01. The molecule has 0 saturated heterocycles. The van der Waals surface area contributed by atoms with Crippen molar-refractivity contribution in [2.45, 2.75) is 141 Å². The molecule has 0 bridgehead atoms. The van der Waals surface area contributed by atoms with Crippen molar-refractivity contribution in [3.63, 3.8) is 0 Å². The van der Waals surface area contributed by atoms with E-state index in [2.05, 4.69) is 31.3 Å². The third-order valence-corrected chi connectivity index (χ3v) is 6.24. The van der Waals surface area contributed by atoms with Crippen LogP contribution in [0.1, 0.15) is 123 Å². The Morgan fingerprint density at radius 1 is 0.714 bits per heavy atom. The van der Waals surface area contributed by atoms with E-state index in [1.54, 1.807) is 12.2 Å². The average molecular weight is 494 g/mol. The maximum absolute atomic E-state index is 12.2. The van der Waals surface area contributed by atoms with Crippen LogP contribution in [0.25, 0.3) is 0 Å². The molecule has 0 aliphatic rings. The number of carbonyl (C=O) groups is 1. The third kappa shape index (κ3) is 21.6. The number of amides is 1. The summed E-state index contributed by atoms with van der Waals surface area (Å²) in [5.74, 6) is -0.577. The van der Waals surface area contributed by atoms with Gasteiger partial charge in [-0.2, -0.15) is 0 Å². The van der Waals surface area contributed by atoms with Crippen LogP contribution in [-0.2, 0) is 4.79 Å². The van der Waals surface area contributed by atoms with Gasteiger partial charge in [0.15, 0.2) is 0 Å². The topological polar surface area (TPSA) is 89.8 Å². The minimum Gasteiger partial charge on any atom is -0.394 e. The second-order valence-corrected chi connectivity index (χ2v) is 9.61. The van der Waals surface area contributed by atoms with Gasteiger partial charge in [0.2, 0.25) is 5.91 Å². The SMILES string of the molecule is CCCCCCCC/C=C\C/C=C\CC(O)C(=O)NC(CO)C(O)/C=C/CCCCCCCCC. The lowest BCUT2D eigenvalue weighted by Gasteiger charge is -2.21. The van der Waals surface area contributed by atoms with Crippen LogP contribution in [0, 0.1) is 0 Å². The molecule has 5 heteroatoms. The van der Waals surface area contributed by atoms with Gasteiger partial charge in [-0.3, -0.25) is 4.79 Å². The number of unbranched alkanes of at least 4 members (excludes halogenated alkanes) is 13. The van der Waals surface area contributed by atoms with Gasteiger partial charge in [0.25, 0.3) is 0 Å². The number of hydrogen-bond acceptors (Lipinski definition) is 4. The number of allylic oxidation sites excluding steroid dienone is 4. The Morgan fingerprint density at radius 2 is 1.23 bits per heavy atom. The molecule has 0 aromatic heterocycles. The van der Waals surface area contributed by atoms with Crippen molar-refractivity contribution in [3.05, 3.63) is 36.5 Å². The van der Waals surface area contributed by atoms with Gasteiger partial charge in [0.1, 0.15) is 6.10 Å². The molecule has 0 aromatic carbocycles. The highest BCUT2D eigenvalue weighted by atomic mass is 16.3. The summed E-state index contributed by atoms with van der Waals surface area (Å²) >= 11 is 0. The molecule has 0 saturated carbocycles. The first-order chi connectivity index (χ1) is 17.1. The molecule has 3 unspecified atom stereocenters. The molecule has 0 aromatic rings. The predicted octanol–water partition coefficient (Wildman–Crippen LogP) is 6.53. The average Bonchev–Trinajstić information content (AvgIpc) is 2.86. The first-order valence-electron chi connectivity index (χ1n) is 14.3. The lowest BCUT2D eigenvalue weighted by Crippen LogP contribution is -2.48. The van der Waals surface area contributed by atoms with Crippen molar-refractivity contribution in [2.24, 2.45) is 0 Å². The monoisotopic (exact) mass is 493 g/mol. The van der Waals surface area contributed by atoms with Gasteiger partial charge in [-0.1, -0.05) is 121 Å². The molecular weight excluding hydrogens is 438 g/mol. The molecule has 4 N–H and O–H groups in total. The summed E-state index contributed by atoms with van der Waals surface area (Å²) in [4.78, 5) is 12.2. The maximum atomic E-state index is 12.2. The van der Waals surface area contributed by atoms with E-state index in [1.807, 2.05) is 12.2 Å². The summed E-state index contributed by atoms with van der Waals surface area (Å²) < 4.78 is 0. The van der Waals surface area contributed by atoms with Crippen LogP contribution in [0.3, 0.4) is 0 Å². The molecule has 3 atom stereocenters. The van der Waals surface area contributed by atoms with E-state index in [4.69, 9.17) is 0 Å². The third-order valence-electron chi connectivity index (χ3n) is 6.24. The van der Waals surface area contributed by atoms with Crippen LogP contribution in [0.15, 0.2) is 36.5 Å². The Hall–Kier alpha value is -1.43. The van der Waals surface area contributed by atoms with E-state index in [0.29, 0.717) is 0 Å². The molecule has 0 rings (SSSR count). The Bertz CT molecular complexity index is 559. The second-order valence-electron chi connectivity index (χ2n) is 9.61. The second kappa shape index (κ2) is 25.7. The lowest BCUT2D eigenvalue weighted by atomic mass is 10.1. The Kier molecular flexibility index (Phi) is 24.6. The van der Waals surface area contributed by atoms with E-state index in [1.165, 1.54) is 77.0 Å². The van der Waals surface area contributed by atoms with Gasteiger partial charge >= 0.3 is 0 Å². The fourth-order valence-electron chi connectivity index (χ4n) is 3.87. The molecule has 204 valence electrons. The normalized spacial score (nSPS) is 14.8. The number of rotatable bonds is 24. The van der Waals surface area contributed by atoms with Crippen molar-refractivity contribution in [3.8, 4) is 0 Å². The quantitative estimate of drug-likeness (QED) is 0.0909. The molecular formula is C30H55NO4. The van der Waals surface area contributed by atoms with Crippen LogP contribution < -0.4 is 5.32 Å². The van der Waals surface area contributed by atoms with Gasteiger partial charge in [-0.05, 0) is 32.1 Å². The zero-order chi connectivity index (χ0) is 26.0. The van der Waals surface area contributed by atoms with Crippen molar-refractivity contribution >= 4 is 5.91 Å². The summed E-state index contributed by atoms with van der Waals surface area (Å²) in [6.45, 7) is 4.06. The number of aliphatic hydroxyl groups excluding tert-OH is 3. The Labute approximate surface area is 215 Å². The fourth-order valence-corrected chi connectivity index (χ4v) is 3.87. The minimum absolute atomic E-state index is 0.208. The number of hydrogen-bond donors (Lipinski definition) is 4. The molecule has 1 amide bonds. The maximum Gasteiger partial charge on any atom is 0.249 e. The lowest BCUT2D eigenvalue weighted by molar-refractivity contribution is -0.131. The summed E-state index contributed by atoms with van der Waals surface area (Å²) in [6, 6.07) is -0.823. The highest BCUT2D eigenvalue weighted by molar-refractivity contribution is 5.81. The van der Waals surface area contributed by atoms with E-state index < -0.39 is 24.2 Å². The molecule has 0 heterocycles. The molecule has 0 radical (unpaired) electrons. The first kappa shape index (κ1) is 33.6. The van der Waals surface area contributed by atoms with Gasteiger partial charge in [-0.15, -0.1) is 0 Å². The van der Waals surface area contributed by atoms with Crippen molar-refractivity contribution in [1.29, 1.82) is 0 Å². The van der Waals surface area contributed by atoms with Crippen molar-refractivity contribution < 1.29 is 20.1 Å². The predicted molar refractivity (Wildman–Crippen MR) is 148 cm³/mol. The smallest absolute Gasteiger partial charge is 0.249 e. The summed E-state index contributed by atoms with van der Waals surface area (Å²) in [5.41, 5.74) is 0. The zero-order valence-corrected chi connectivity index (χ0v) is 22.7. The van der Waals surface area contributed by atoms with Crippen molar-refractivity contribution in [2.75, 3.05) is 6.61 Å². The van der Waals surface area contributed by atoms with Crippen LogP contribution in [0.4, 0.5) is 0 Å². The minimum atomic E-state index is -1.20. The summed E-state index contributed by atoms with van der Waals surface area (Å²) in [7, 11) is 0. The Morgan fingerprint density at radius 3 is 1.80 bits per heavy atom. The largest absolute Gasteiger partial charge is 0.394 e. The highest BCUT2D eigenvalue weighted by Gasteiger charge is 2.22. The van der Waals surface area contributed by atoms with Gasteiger partial charge in [-0.25, -0.2) is 0 Å². The van der Waals surface area contributed by atoms with Crippen LogP contribution in [0.2, 0.25) is 0 Å². The highest BCUT2D eigenvalue weighted by Crippen LogP contribution is 2.10. The van der Waals surface area contributed by atoms with Crippen molar-refractivity contribution in [1.82, 2.24) is 5.32 Å². The molecule has 0 fully saturated rings. The molecule has 0 spiro atoms. The number of carbonyl (C=O) groups excluding carboxylic acids is 1. The van der Waals surface area contributed by atoms with Crippen LogP contribution in [0.5, 0.6) is 0 Å². The number of nitrogens with one attached hydrogen (secondary N) is 1. The molecule has 0 aliphatic carbocycles. The molecule has 0 aliphatic heterocycles. The van der Waals surface area contributed by atoms with E-state index >= 15 is 0 Å². The van der Waals surface area contributed by atoms with E-state index in [-0.39, 0.29) is 13.0 Å². The zero-order valence-electron chi connectivity index (χ0n) is 22.7. The number of aliphatic hydroxyl groups is 3.